The Hall–Kier alpha value is -2.18. The molecule has 1 aliphatic rings. The molecular formula is C21H22ClNO4S. The van der Waals surface area contributed by atoms with Crippen LogP contribution in [0.4, 0.5) is 5.69 Å². The molecule has 1 N–H and O–H groups in total. The molecule has 2 atom stereocenters. The van der Waals surface area contributed by atoms with Crippen LogP contribution >= 0.6 is 23.4 Å². The molecule has 1 heterocycles. The van der Waals surface area contributed by atoms with Crippen LogP contribution < -0.4 is 10.1 Å². The van der Waals surface area contributed by atoms with E-state index in [2.05, 4.69) is 5.32 Å². The minimum atomic E-state index is -0.604. The van der Waals surface area contributed by atoms with Gasteiger partial charge in [0.2, 0.25) is 5.91 Å². The molecule has 0 radical (unpaired) electrons. The fourth-order valence-corrected chi connectivity index (χ4v) is 4.71. The van der Waals surface area contributed by atoms with Crippen LogP contribution in [-0.2, 0) is 14.3 Å². The molecule has 0 unspecified atom stereocenters. The number of rotatable bonds is 5. The first-order valence-electron chi connectivity index (χ1n) is 8.97. The molecule has 1 aliphatic heterocycles. The van der Waals surface area contributed by atoms with E-state index in [1.807, 2.05) is 30.3 Å². The van der Waals surface area contributed by atoms with Gasteiger partial charge in [-0.05, 0) is 43.7 Å². The number of fused-ring (bicyclic) bond motifs is 1. The number of para-hydroxylation sites is 1. The fourth-order valence-electron chi connectivity index (χ4n) is 3.10. The minimum absolute atomic E-state index is 0.0119. The van der Waals surface area contributed by atoms with Gasteiger partial charge in [-0.3, -0.25) is 9.59 Å². The molecule has 28 heavy (non-hydrogen) atoms. The number of benzene rings is 2. The number of esters is 1. The van der Waals surface area contributed by atoms with Crippen molar-refractivity contribution in [3.05, 3.63) is 58.6 Å². The maximum Gasteiger partial charge on any atom is 0.307 e. The number of carbonyl (C=O) groups excluding carboxylic acids is 2. The van der Waals surface area contributed by atoms with Gasteiger partial charge in [-0.15, -0.1) is 11.8 Å². The standard InChI is InChI=1S/C21H22ClNO4S/c1-12(2)27-19(24)11-18-21(25)23-16-9-8-13(22)10-15(16)20(28-18)14-6-4-5-7-17(14)26-3/h4-10,12,18,20H,11H2,1-3H3,(H,23,25)/t18-,20-/m1/s1. The van der Waals surface area contributed by atoms with Crippen molar-refractivity contribution in [3.8, 4) is 5.75 Å². The molecule has 0 aromatic heterocycles. The summed E-state index contributed by atoms with van der Waals surface area (Å²) in [5.74, 6) is 0.0841. The summed E-state index contributed by atoms with van der Waals surface area (Å²) in [6, 6.07) is 13.0. The van der Waals surface area contributed by atoms with Gasteiger partial charge < -0.3 is 14.8 Å². The van der Waals surface area contributed by atoms with Crippen molar-refractivity contribution in [1.29, 1.82) is 0 Å². The first kappa shape index (κ1) is 20.6. The normalized spacial score (nSPS) is 18.8. The number of ether oxygens (including phenoxy) is 2. The number of amides is 1. The number of nitrogens with one attached hydrogen (secondary N) is 1. The van der Waals surface area contributed by atoms with Gasteiger partial charge in [0, 0.05) is 16.3 Å². The molecule has 0 spiro atoms. The fraction of sp³-hybridized carbons (Fsp3) is 0.333. The molecule has 2 aromatic carbocycles. The molecule has 5 nitrogen and oxygen atoms in total. The van der Waals surface area contributed by atoms with E-state index < -0.39 is 11.2 Å². The average molecular weight is 420 g/mol. The lowest BCUT2D eigenvalue weighted by molar-refractivity contribution is -0.148. The van der Waals surface area contributed by atoms with Crippen molar-refractivity contribution in [1.82, 2.24) is 0 Å². The van der Waals surface area contributed by atoms with E-state index in [9.17, 15) is 9.59 Å². The van der Waals surface area contributed by atoms with Crippen LogP contribution in [0.1, 0.15) is 36.6 Å². The summed E-state index contributed by atoms with van der Waals surface area (Å²) >= 11 is 7.64. The van der Waals surface area contributed by atoms with Crippen molar-refractivity contribution in [2.24, 2.45) is 0 Å². The Kier molecular flexibility index (Phi) is 6.52. The van der Waals surface area contributed by atoms with Crippen LogP contribution in [0.3, 0.4) is 0 Å². The largest absolute Gasteiger partial charge is 0.496 e. The number of thioether (sulfide) groups is 1. The van der Waals surface area contributed by atoms with Gasteiger partial charge in [0.05, 0.1) is 30.1 Å². The number of methoxy groups -OCH3 is 1. The molecule has 0 bridgehead atoms. The predicted octanol–water partition coefficient (Wildman–Crippen LogP) is 4.83. The van der Waals surface area contributed by atoms with Gasteiger partial charge in [-0.25, -0.2) is 0 Å². The molecule has 7 heteroatoms. The van der Waals surface area contributed by atoms with Crippen LogP contribution in [0.15, 0.2) is 42.5 Å². The van der Waals surface area contributed by atoms with E-state index in [0.29, 0.717) is 16.5 Å². The zero-order valence-electron chi connectivity index (χ0n) is 15.9. The number of halogens is 1. The highest BCUT2D eigenvalue weighted by Gasteiger charge is 2.34. The lowest BCUT2D eigenvalue weighted by Crippen LogP contribution is -2.28. The van der Waals surface area contributed by atoms with Crippen molar-refractivity contribution >= 4 is 40.9 Å². The Morgan fingerprint density at radius 2 is 1.96 bits per heavy atom. The van der Waals surface area contributed by atoms with Crippen molar-refractivity contribution in [3.63, 3.8) is 0 Å². The van der Waals surface area contributed by atoms with Gasteiger partial charge in [0.1, 0.15) is 5.75 Å². The van der Waals surface area contributed by atoms with E-state index in [4.69, 9.17) is 21.1 Å². The third-order valence-corrected chi connectivity index (χ3v) is 6.01. The number of anilines is 1. The lowest BCUT2D eigenvalue weighted by Gasteiger charge is -2.22. The van der Waals surface area contributed by atoms with E-state index in [1.165, 1.54) is 11.8 Å². The minimum Gasteiger partial charge on any atom is -0.496 e. The maximum absolute atomic E-state index is 12.8. The van der Waals surface area contributed by atoms with Gasteiger partial charge in [0.25, 0.3) is 0 Å². The van der Waals surface area contributed by atoms with Crippen molar-refractivity contribution in [2.75, 3.05) is 12.4 Å². The lowest BCUT2D eigenvalue weighted by atomic mass is 10.0. The number of hydrogen-bond donors (Lipinski definition) is 1. The summed E-state index contributed by atoms with van der Waals surface area (Å²) in [7, 11) is 1.61. The second kappa shape index (κ2) is 8.88. The van der Waals surface area contributed by atoms with Gasteiger partial charge in [-0.2, -0.15) is 0 Å². The van der Waals surface area contributed by atoms with Crippen molar-refractivity contribution < 1.29 is 19.1 Å². The third kappa shape index (κ3) is 4.62. The van der Waals surface area contributed by atoms with E-state index >= 15 is 0 Å². The zero-order chi connectivity index (χ0) is 20.3. The van der Waals surface area contributed by atoms with Crippen LogP contribution in [0.25, 0.3) is 0 Å². The summed E-state index contributed by atoms with van der Waals surface area (Å²) in [4.78, 5) is 25.0. The average Bonchev–Trinajstić information content (AvgIpc) is 2.78. The molecular weight excluding hydrogens is 398 g/mol. The van der Waals surface area contributed by atoms with Crippen LogP contribution in [0.5, 0.6) is 5.75 Å². The Bertz CT molecular complexity index is 886. The van der Waals surface area contributed by atoms with E-state index in [0.717, 1.165) is 11.1 Å². The summed E-state index contributed by atoms with van der Waals surface area (Å²) < 4.78 is 10.8. The summed E-state index contributed by atoms with van der Waals surface area (Å²) in [6.45, 7) is 3.57. The maximum atomic E-state index is 12.8. The smallest absolute Gasteiger partial charge is 0.307 e. The molecule has 0 saturated heterocycles. The predicted molar refractivity (Wildman–Crippen MR) is 112 cm³/mol. The van der Waals surface area contributed by atoms with Crippen LogP contribution in [-0.4, -0.2) is 30.3 Å². The molecule has 1 amide bonds. The summed E-state index contributed by atoms with van der Waals surface area (Å²) in [6.07, 6.45) is -0.241. The highest BCUT2D eigenvalue weighted by molar-refractivity contribution is 8.01. The molecule has 0 aliphatic carbocycles. The molecule has 148 valence electrons. The van der Waals surface area contributed by atoms with Gasteiger partial charge in [0.15, 0.2) is 0 Å². The number of carbonyl (C=O) groups is 2. The zero-order valence-corrected chi connectivity index (χ0v) is 17.5. The first-order chi connectivity index (χ1) is 13.4. The Morgan fingerprint density at radius 3 is 2.68 bits per heavy atom. The summed E-state index contributed by atoms with van der Waals surface area (Å²) in [5.41, 5.74) is 2.46. The van der Waals surface area contributed by atoms with E-state index in [1.54, 1.807) is 33.1 Å². The molecule has 2 aromatic rings. The first-order valence-corrected chi connectivity index (χ1v) is 10.3. The topological polar surface area (TPSA) is 64.6 Å². The third-order valence-electron chi connectivity index (χ3n) is 4.29. The molecule has 0 saturated carbocycles. The van der Waals surface area contributed by atoms with Gasteiger partial charge >= 0.3 is 5.97 Å². The van der Waals surface area contributed by atoms with E-state index in [-0.39, 0.29) is 23.7 Å². The second-order valence-corrected chi connectivity index (χ2v) is 8.46. The monoisotopic (exact) mass is 419 g/mol. The number of hydrogen-bond acceptors (Lipinski definition) is 5. The van der Waals surface area contributed by atoms with Crippen molar-refractivity contribution in [2.45, 2.75) is 36.9 Å². The summed E-state index contributed by atoms with van der Waals surface area (Å²) in [5, 5.41) is 2.66. The highest BCUT2D eigenvalue weighted by atomic mass is 35.5. The van der Waals surface area contributed by atoms with Crippen LogP contribution in [0.2, 0.25) is 5.02 Å². The Labute approximate surface area is 173 Å². The van der Waals surface area contributed by atoms with Crippen LogP contribution in [0, 0.1) is 0 Å². The molecule has 0 fully saturated rings. The second-order valence-electron chi connectivity index (χ2n) is 6.71. The molecule has 3 rings (SSSR count). The quantitative estimate of drug-likeness (QED) is 0.703. The Morgan fingerprint density at radius 1 is 1.21 bits per heavy atom. The highest BCUT2D eigenvalue weighted by Crippen LogP contribution is 2.48. The van der Waals surface area contributed by atoms with Gasteiger partial charge in [-0.1, -0.05) is 29.8 Å². The SMILES string of the molecule is COc1ccccc1[C@H]1S[C@H](CC(=O)OC(C)C)C(=O)Nc2ccc(Cl)cc21. The Balaban J connectivity index is 2.02.